The Balaban J connectivity index is 1.24. The van der Waals surface area contributed by atoms with E-state index in [1.807, 2.05) is 6.07 Å². The van der Waals surface area contributed by atoms with Crippen LogP contribution >= 0.6 is 0 Å². The quantitative estimate of drug-likeness (QED) is 0.171. The summed E-state index contributed by atoms with van der Waals surface area (Å²) in [5.74, 6) is 0.0243. The molecule has 41 heavy (non-hydrogen) atoms. The number of piperidine rings is 1. The Labute approximate surface area is 238 Å². The molecular weight excluding hydrogens is 528 g/mol. The Hall–Kier alpha value is -3.20. The number of hydrogen-bond acceptors (Lipinski definition) is 11. The molecule has 2 fully saturated rings. The minimum atomic E-state index is -1.23. The smallest absolute Gasteiger partial charge is 0.320 e. The maximum Gasteiger partial charge on any atom is 0.320 e. The number of aliphatic carboxylic acids is 1. The van der Waals surface area contributed by atoms with Crippen molar-refractivity contribution >= 4 is 23.0 Å². The van der Waals surface area contributed by atoms with E-state index < -0.39 is 36.6 Å². The lowest BCUT2D eigenvalue weighted by atomic mass is 9.86. The number of aliphatic hydroxyl groups excluding tert-OH is 2. The SMILES string of the molecule is Nc1ncnc2c1ncn2[C@@H]1O[C@H](CN(CCC(N)C(=O)O)CC2CNCC(CCc3ccccc3)C2)[C@@H](O)[C@H]1O. The number of nitrogens with two attached hydrogens (primary N) is 2. The number of aromatic nitrogens is 4. The van der Waals surface area contributed by atoms with Crippen LogP contribution in [0.4, 0.5) is 5.82 Å². The number of carboxylic acid groups (broad SMARTS) is 1. The van der Waals surface area contributed by atoms with Gasteiger partial charge in [0.15, 0.2) is 17.7 Å². The van der Waals surface area contributed by atoms with E-state index in [0.29, 0.717) is 42.6 Å². The highest BCUT2D eigenvalue weighted by Crippen LogP contribution is 2.33. The first kappa shape index (κ1) is 29.3. The van der Waals surface area contributed by atoms with Crippen molar-refractivity contribution in [1.82, 2.24) is 29.7 Å². The number of aliphatic hydroxyl groups is 2. The summed E-state index contributed by atoms with van der Waals surface area (Å²) < 4.78 is 7.73. The van der Waals surface area contributed by atoms with Gasteiger partial charge in [0.2, 0.25) is 0 Å². The lowest BCUT2D eigenvalue weighted by Crippen LogP contribution is -2.47. The van der Waals surface area contributed by atoms with Gasteiger partial charge in [0, 0.05) is 19.6 Å². The number of hydrogen-bond donors (Lipinski definition) is 6. The number of benzene rings is 1. The number of fused-ring (bicyclic) bond motifs is 1. The van der Waals surface area contributed by atoms with E-state index in [4.69, 9.17) is 16.2 Å². The van der Waals surface area contributed by atoms with Gasteiger partial charge in [-0.2, -0.15) is 0 Å². The third-order valence-corrected chi connectivity index (χ3v) is 8.24. The normalized spacial score (nSPS) is 27.4. The molecule has 2 aromatic heterocycles. The van der Waals surface area contributed by atoms with Gasteiger partial charge in [-0.05, 0) is 56.2 Å². The molecule has 4 heterocycles. The number of anilines is 1. The van der Waals surface area contributed by atoms with Crippen LogP contribution in [0.5, 0.6) is 0 Å². The Bertz CT molecular complexity index is 1290. The largest absolute Gasteiger partial charge is 0.480 e. The van der Waals surface area contributed by atoms with Gasteiger partial charge in [0.1, 0.15) is 36.2 Å². The van der Waals surface area contributed by atoms with Crippen LogP contribution in [-0.4, -0.2) is 103 Å². The molecule has 0 aliphatic carbocycles. The predicted octanol–water partition coefficient (Wildman–Crippen LogP) is -0.00980. The van der Waals surface area contributed by atoms with Crippen molar-refractivity contribution in [2.45, 2.75) is 56.3 Å². The molecule has 3 unspecified atom stereocenters. The topological polar surface area (TPSA) is 198 Å². The van der Waals surface area contributed by atoms with Crippen molar-refractivity contribution in [2.24, 2.45) is 17.6 Å². The Morgan fingerprint density at radius 1 is 1.12 bits per heavy atom. The number of aryl methyl sites for hydroxylation is 1. The van der Waals surface area contributed by atoms with Crippen molar-refractivity contribution in [2.75, 3.05) is 38.5 Å². The standard InChI is InChI=1S/C28H40N8O5/c29-20(28(39)40)8-9-35(13-19-10-18(11-31-12-19)7-6-17-4-2-1-3-5-17)14-21-23(37)24(38)27(41-21)36-16-34-22-25(30)32-15-33-26(22)36/h1-5,15-16,18-21,23-24,27,31,37-38H,6-14,29H2,(H,39,40)(H2,30,32,33)/t18?,19?,20?,21-,23-,24-,27-/m1/s1. The van der Waals surface area contributed by atoms with Gasteiger partial charge < -0.3 is 41.7 Å². The first-order valence-electron chi connectivity index (χ1n) is 14.2. The number of carbonyl (C=O) groups is 1. The van der Waals surface area contributed by atoms with E-state index in [1.54, 1.807) is 4.57 Å². The molecule has 5 rings (SSSR count). The minimum absolute atomic E-state index is 0.211. The van der Waals surface area contributed by atoms with Crippen molar-refractivity contribution in [1.29, 1.82) is 0 Å². The molecule has 0 amide bonds. The highest BCUT2D eigenvalue weighted by atomic mass is 16.6. The van der Waals surface area contributed by atoms with Crippen LogP contribution < -0.4 is 16.8 Å². The first-order chi connectivity index (χ1) is 19.8. The van der Waals surface area contributed by atoms with Crippen molar-refractivity contribution in [3.63, 3.8) is 0 Å². The Kier molecular flexibility index (Phi) is 9.42. The third kappa shape index (κ3) is 7.00. The van der Waals surface area contributed by atoms with Gasteiger partial charge in [-0.15, -0.1) is 0 Å². The lowest BCUT2D eigenvalue weighted by molar-refractivity contribution is -0.138. The molecule has 0 bridgehead atoms. The van der Waals surface area contributed by atoms with Crippen LogP contribution in [0.25, 0.3) is 11.2 Å². The molecule has 7 atom stereocenters. The maximum absolute atomic E-state index is 11.4. The maximum atomic E-state index is 11.4. The van der Waals surface area contributed by atoms with Crippen LogP contribution in [0, 0.1) is 11.8 Å². The minimum Gasteiger partial charge on any atom is -0.480 e. The molecule has 2 aliphatic rings. The van der Waals surface area contributed by atoms with Gasteiger partial charge >= 0.3 is 5.97 Å². The highest BCUT2D eigenvalue weighted by molar-refractivity contribution is 5.81. The van der Waals surface area contributed by atoms with E-state index in [0.717, 1.165) is 32.4 Å². The van der Waals surface area contributed by atoms with Gasteiger partial charge in [0.25, 0.3) is 0 Å². The summed E-state index contributed by atoms with van der Waals surface area (Å²) in [5, 5.41) is 34.8. The molecule has 2 saturated heterocycles. The summed E-state index contributed by atoms with van der Waals surface area (Å²) in [5.41, 5.74) is 13.9. The second-order valence-corrected chi connectivity index (χ2v) is 11.3. The second kappa shape index (κ2) is 13.2. The molecule has 1 aromatic carbocycles. The number of ether oxygens (including phenoxy) is 1. The summed E-state index contributed by atoms with van der Waals surface area (Å²) in [6.45, 7) is 3.23. The average Bonchev–Trinajstić information content (AvgIpc) is 3.52. The molecule has 8 N–H and O–H groups in total. The number of nitrogens with zero attached hydrogens (tertiary/aromatic N) is 5. The third-order valence-electron chi connectivity index (χ3n) is 8.24. The molecule has 0 spiro atoms. The van der Waals surface area contributed by atoms with E-state index in [9.17, 15) is 20.1 Å². The van der Waals surface area contributed by atoms with Crippen LogP contribution in [-0.2, 0) is 16.0 Å². The predicted molar refractivity (Wildman–Crippen MR) is 152 cm³/mol. The zero-order valence-corrected chi connectivity index (χ0v) is 23.0. The van der Waals surface area contributed by atoms with E-state index >= 15 is 0 Å². The fraction of sp³-hybridized carbons (Fsp3) is 0.571. The van der Waals surface area contributed by atoms with Gasteiger partial charge in [-0.3, -0.25) is 9.36 Å². The van der Waals surface area contributed by atoms with Gasteiger partial charge in [-0.1, -0.05) is 30.3 Å². The fourth-order valence-electron chi connectivity index (χ4n) is 5.99. The molecular formula is C28H40N8O5. The summed E-state index contributed by atoms with van der Waals surface area (Å²) in [4.78, 5) is 25.9. The second-order valence-electron chi connectivity index (χ2n) is 11.3. The van der Waals surface area contributed by atoms with E-state index in [2.05, 4.69) is 49.4 Å². The highest BCUT2D eigenvalue weighted by Gasteiger charge is 2.45. The van der Waals surface area contributed by atoms with Crippen LogP contribution in [0.15, 0.2) is 43.0 Å². The summed E-state index contributed by atoms with van der Waals surface area (Å²) in [6, 6.07) is 9.48. The Morgan fingerprint density at radius 3 is 2.68 bits per heavy atom. The molecule has 13 heteroatoms. The average molecular weight is 569 g/mol. The van der Waals surface area contributed by atoms with Crippen LogP contribution in [0.1, 0.15) is 31.1 Å². The number of imidazole rings is 1. The van der Waals surface area contributed by atoms with E-state index in [1.165, 1.54) is 18.2 Å². The van der Waals surface area contributed by atoms with Crippen LogP contribution in [0.2, 0.25) is 0 Å². The van der Waals surface area contributed by atoms with Crippen LogP contribution in [0.3, 0.4) is 0 Å². The van der Waals surface area contributed by atoms with Gasteiger partial charge in [-0.25, -0.2) is 15.0 Å². The molecule has 3 aromatic rings. The zero-order chi connectivity index (χ0) is 28.9. The number of nitrogen functional groups attached to an aromatic ring is 1. The van der Waals surface area contributed by atoms with Crippen molar-refractivity contribution in [3.05, 3.63) is 48.5 Å². The molecule has 2 aliphatic heterocycles. The molecule has 222 valence electrons. The van der Waals surface area contributed by atoms with Crippen molar-refractivity contribution < 1.29 is 24.9 Å². The molecule has 0 saturated carbocycles. The van der Waals surface area contributed by atoms with E-state index in [-0.39, 0.29) is 12.2 Å². The molecule has 0 radical (unpaired) electrons. The zero-order valence-electron chi connectivity index (χ0n) is 23.0. The number of carboxylic acids is 1. The van der Waals surface area contributed by atoms with Gasteiger partial charge in [0.05, 0.1) is 6.33 Å². The van der Waals surface area contributed by atoms with Crippen molar-refractivity contribution in [3.8, 4) is 0 Å². The lowest BCUT2D eigenvalue weighted by Gasteiger charge is -2.35. The summed E-state index contributed by atoms with van der Waals surface area (Å²) in [6.07, 6.45) is 2.14. The molecule has 13 nitrogen and oxygen atoms in total. The number of rotatable bonds is 12. The first-order valence-corrected chi connectivity index (χ1v) is 14.2. The Morgan fingerprint density at radius 2 is 1.90 bits per heavy atom. The monoisotopic (exact) mass is 568 g/mol. The summed E-state index contributed by atoms with van der Waals surface area (Å²) in [7, 11) is 0. The fourth-order valence-corrected chi connectivity index (χ4v) is 5.99. The summed E-state index contributed by atoms with van der Waals surface area (Å²) >= 11 is 0. The number of nitrogens with one attached hydrogen (secondary N) is 1.